The maximum atomic E-state index is 13.0. The summed E-state index contributed by atoms with van der Waals surface area (Å²) in [5.41, 5.74) is -2.18. The Hall–Kier alpha value is -1.59. The maximum absolute atomic E-state index is 13.0. The van der Waals surface area contributed by atoms with Crippen LogP contribution in [0.1, 0.15) is 21.5 Å². The highest BCUT2D eigenvalue weighted by atomic mass is 19.4. The van der Waals surface area contributed by atoms with Crippen molar-refractivity contribution in [2.75, 3.05) is 0 Å². The number of halogens is 4. The second-order valence-electron chi connectivity index (χ2n) is 2.95. The van der Waals surface area contributed by atoms with Crippen LogP contribution < -0.4 is 0 Å². The second kappa shape index (κ2) is 3.52. The van der Waals surface area contributed by atoms with Crippen LogP contribution in [0.2, 0.25) is 0 Å². The minimum atomic E-state index is -4.68. The monoisotopic (exact) mass is 222 g/mol. The summed E-state index contributed by atoms with van der Waals surface area (Å²) >= 11 is 0. The third-order valence-corrected chi connectivity index (χ3v) is 1.83. The molecule has 1 N–H and O–H groups in total. The van der Waals surface area contributed by atoms with Crippen molar-refractivity contribution in [3.63, 3.8) is 0 Å². The number of carboxylic acid groups (broad SMARTS) is 1. The van der Waals surface area contributed by atoms with Gasteiger partial charge in [0.25, 0.3) is 0 Å². The van der Waals surface area contributed by atoms with Crippen molar-refractivity contribution >= 4 is 5.97 Å². The molecule has 1 aromatic carbocycles. The summed E-state index contributed by atoms with van der Waals surface area (Å²) in [6, 6.07) is 0.781. The molecular weight excluding hydrogens is 216 g/mol. The van der Waals surface area contributed by atoms with Gasteiger partial charge in [-0.15, -0.1) is 0 Å². The molecule has 15 heavy (non-hydrogen) atoms. The van der Waals surface area contributed by atoms with E-state index >= 15 is 0 Å². The molecule has 6 heteroatoms. The van der Waals surface area contributed by atoms with Gasteiger partial charge in [0, 0.05) is 0 Å². The van der Waals surface area contributed by atoms with Crippen molar-refractivity contribution in [1.82, 2.24) is 0 Å². The fourth-order valence-corrected chi connectivity index (χ4v) is 1.18. The lowest BCUT2D eigenvalue weighted by Crippen LogP contribution is -2.10. The molecule has 1 aromatic rings. The van der Waals surface area contributed by atoms with Gasteiger partial charge < -0.3 is 5.11 Å². The van der Waals surface area contributed by atoms with Crippen molar-refractivity contribution < 1.29 is 27.5 Å². The number of aromatic carboxylic acids is 1. The number of hydrogen-bond donors (Lipinski definition) is 1. The molecule has 0 saturated heterocycles. The van der Waals surface area contributed by atoms with Crippen molar-refractivity contribution in [3.05, 3.63) is 34.6 Å². The summed E-state index contributed by atoms with van der Waals surface area (Å²) in [4.78, 5) is 10.5. The fourth-order valence-electron chi connectivity index (χ4n) is 1.18. The molecule has 0 aliphatic heterocycles. The van der Waals surface area contributed by atoms with Gasteiger partial charge in [0.05, 0.1) is 11.1 Å². The molecule has 0 fully saturated rings. The Kier molecular flexibility index (Phi) is 2.70. The van der Waals surface area contributed by atoms with Gasteiger partial charge in [-0.1, -0.05) is 0 Å². The van der Waals surface area contributed by atoms with Crippen LogP contribution in [-0.4, -0.2) is 11.1 Å². The van der Waals surface area contributed by atoms with E-state index in [-0.39, 0.29) is 11.6 Å². The van der Waals surface area contributed by atoms with Crippen molar-refractivity contribution in [2.45, 2.75) is 13.1 Å². The minimum absolute atomic E-state index is 0.177. The van der Waals surface area contributed by atoms with Gasteiger partial charge >= 0.3 is 12.1 Å². The zero-order valence-corrected chi connectivity index (χ0v) is 7.52. The van der Waals surface area contributed by atoms with Crippen LogP contribution in [-0.2, 0) is 6.18 Å². The molecule has 82 valence electrons. The Labute approximate surface area is 82.1 Å². The van der Waals surface area contributed by atoms with E-state index in [4.69, 9.17) is 5.11 Å². The number of carbonyl (C=O) groups is 1. The summed E-state index contributed by atoms with van der Waals surface area (Å²) in [5.74, 6) is -2.96. The first-order chi connectivity index (χ1) is 6.73. The van der Waals surface area contributed by atoms with E-state index < -0.39 is 29.1 Å². The lowest BCUT2D eigenvalue weighted by atomic mass is 10.0. The fraction of sp³-hybridized carbons (Fsp3) is 0.222. The molecule has 0 radical (unpaired) electrons. The lowest BCUT2D eigenvalue weighted by Gasteiger charge is -2.09. The number of aryl methyl sites for hydroxylation is 1. The molecule has 0 amide bonds. The van der Waals surface area contributed by atoms with E-state index in [1.54, 1.807) is 0 Å². The molecule has 0 heterocycles. The largest absolute Gasteiger partial charge is 0.478 e. The Morgan fingerprint density at radius 1 is 1.33 bits per heavy atom. The summed E-state index contributed by atoms with van der Waals surface area (Å²) in [6.07, 6.45) is -4.68. The van der Waals surface area contributed by atoms with Gasteiger partial charge in [0.15, 0.2) is 0 Å². The molecule has 0 saturated carbocycles. The molecule has 2 nitrogen and oxygen atoms in total. The Balaban J connectivity index is 3.39. The molecule has 0 bridgehead atoms. The van der Waals surface area contributed by atoms with Gasteiger partial charge in [0.2, 0.25) is 0 Å². The van der Waals surface area contributed by atoms with Crippen molar-refractivity contribution in [2.24, 2.45) is 0 Å². The van der Waals surface area contributed by atoms with Crippen LogP contribution in [0.4, 0.5) is 17.6 Å². The van der Waals surface area contributed by atoms with E-state index in [0.717, 1.165) is 6.92 Å². The molecule has 0 spiro atoms. The summed E-state index contributed by atoms with van der Waals surface area (Å²) in [5, 5.41) is 8.52. The number of alkyl halides is 3. The number of rotatable bonds is 1. The predicted molar refractivity (Wildman–Crippen MR) is 43.1 cm³/mol. The first-order valence-electron chi connectivity index (χ1n) is 3.84. The maximum Gasteiger partial charge on any atom is 0.416 e. The molecular formula is C9H6F4O2. The van der Waals surface area contributed by atoms with Crippen LogP contribution in [0.15, 0.2) is 12.1 Å². The molecule has 0 aromatic heterocycles. The van der Waals surface area contributed by atoms with Crippen LogP contribution in [0.25, 0.3) is 0 Å². The SMILES string of the molecule is Cc1cc(C(F)(F)F)cc(F)c1C(=O)O. The average Bonchev–Trinajstić information content (AvgIpc) is 1.99. The van der Waals surface area contributed by atoms with Gasteiger partial charge in [0.1, 0.15) is 5.82 Å². The second-order valence-corrected chi connectivity index (χ2v) is 2.95. The third kappa shape index (κ3) is 2.26. The summed E-state index contributed by atoms with van der Waals surface area (Å²) < 4.78 is 49.5. The van der Waals surface area contributed by atoms with Gasteiger partial charge in [-0.25, -0.2) is 9.18 Å². The average molecular weight is 222 g/mol. The van der Waals surface area contributed by atoms with Crippen LogP contribution in [0.3, 0.4) is 0 Å². The Morgan fingerprint density at radius 2 is 1.87 bits per heavy atom. The first kappa shape index (κ1) is 11.5. The van der Waals surface area contributed by atoms with E-state index in [1.807, 2.05) is 0 Å². The zero-order chi connectivity index (χ0) is 11.8. The standard InChI is InChI=1S/C9H6F4O2/c1-4-2-5(9(11,12)13)3-6(10)7(4)8(14)15/h2-3H,1H3,(H,14,15). The van der Waals surface area contributed by atoms with E-state index in [1.165, 1.54) is 0 Å². The van der Waals surface area contributed by atoms with Gasteiger partial charge in [-0.3, -0.25) is 0 Å². The van der Waals surface area contributed by atoms with Crippen molar-refractivity contribution in [1.29, 1.82) is 0 Å². The van der Waals surface area contributed by atoms with E-state index in [2.05, 4.69) is 0 Å². The summed E-state index contributed by atoms with van der Waals surface area (Å²) in [7, 11) is 0. The van der Waals surface area contributed by atoms with Crippen LogP contribution in [0.5, 0.6) is 0 Å². The highest BCUT2D eigenvalue weighted by Crippen LogP contribution is 2.31. The normalized spacial score (nSPS) is 11.5. The number of carboxylic acids is 1. The molecule has 1 rings (SSSR count). The Morgan fingerprint density at radius 3 is 2.20 bits per heavy atom. The number of hydrogen-bond acceptors (Lipinski definition) is 1. The van der Waals surface area contributed by atoms with Crippen molar-refractivity contribution in [3.8, 4) is 0 Å². The van der Waals surface area contributed by atoms with Crippen LogP contribution >= 0.6 is 0 Å². The first-order valence-corrected chi connectivity index (χ1v) is 3.84. The zero-order valence-electron chi connectivity index (χ0n) is 7.52. The summed E-state index contributed by atoms with van der Waals surface area (Å²) in [6.45, 7) is 1.11. The minimum Gasteiger partial charge on any atom is -0.478 e. The molecule has 0 aliphatic carbocycles. The molecule has 0 unspecified atom stereocenters. The highest BCUT2D eigenvalue weighted by molar-refractivity contribution is 5.89. The topological polar surface area (TPSA) is 37.3 Å². The van der Waals surface area contributed by atoms with Gasteiger partial charge in [-0.2, -0.15) is 13.2 Å². The Bertz CT molecular complexity index is 386. The van der Waals surface area contributed by atoms with Crippen LogP contribution in [0, 0.1) is 12.7 Å². The number of benzene rings is 1. The molecule has 0 atom stereocenters. The molecule has 0 aliphatic rings. The predicted octanol–water partition coefficient (Wildman–Crippen LogP) is 2.85. The quantitative estimate of drug-likeness (QED) is 0.742. The lowest BCUT2D eigenvalue weighted by molar-refractivity contribution is -0.137. The third-order valence-electron chi connectivity index (χ3n) is 1.83. The van der Waals surface area contributed by atoms with E-state index in [9.17, 15) is 22.4 Å². The van der Waals surface area contributed by atoms with E-state index in [0.29, 0.717) is 6.07 Å². The van der Waals surface area contributed by atoms with Gasteiger partial charge in [-0.05, 0) is 24.6 Å². The smallest absolute Gasteiger partial charge is 0.416 e. The highest BCUT2D eigenvalue weighted by Gasteiger charge is 2.32.